The molecule has 2 aliphatic heterocycles. The molecule has 0 aromatic heterocycles. The van der Waals surface area contributed by atoms with Crippen LogP contribution in [0, 0.1) is 0 Å². The fraction of sp³-hybridized carbons (Fsp3) is 0.923. The zero-order valence-electron chi connectivity index (χ0n) is 11.6. The number of ether oxygens (including phenoxy) is 2. The lowest BCUT2D eigenvalue weighted by Gasteiger charge is -2.27. The summed E-state index contributed by atoms with van der Waals surface area (Å²) >= 11 is 0. The maximum Gasteiger partial charge on any atom is 0.224 e. The number of nitrogens with zero attached hydrogens (tertiary/aromatic N) is 2. The van der Waals surface area contributed by atoms with Crippen LogP contribution in [-0.2, 0) is 14.3 Å². The highest BCUT2D eigenvalue weighted by Crippen LogP contribution is 1.99. The third-order valence-electron chi connectivity index (χ3n) is 3.59. The Bertz CT molecular complexity index is 264. The second kappa shape index (κ2) is 8.47. The van der Waals surface area contributed by atoms with Crippen molar-refractivity contribution in [2.24, 2.45) is 0 Å². The summed E-state index contributed by atoms with van der Waals surface area (Å²) in [5.41, 5.74) is 0. The van der Waals surface area contributed by atoms with Gasteiger partial charge in [-0.3, -0.25) is 9.69 Å². The maximum atomic E-state index is 11.9. The van der Waals surface area contributed by atoms with Crippen molar-refractivity contribution < 1.29 is 14.3 Å². The molecule has 0 aromatic rings. The minimum Gasteiger partial charge on any atom is -0.379 e. The molecule has 0 aliphatic carbocycles. The molecule has 0 bridgehead atoms. The minimum atomic E-state index is 0.238. The molecule has 2 rings (SSSR count). The van der Waals surface area contributed by atoms with Gasteiger partial charge in [-0.05, 0) is 0 Å². The molecular formula is C13H25N3O3. The summed E-state index contributed by atoms with van der Waals surface area (Å²) in [5.74, 6) is 0.238. The number of morpholine rings is 2. The van der Waals surface area contributed by atoms with Gasteiger partial charge in [0.15, 0.2) is 0 Å². The molecule has 2 aliphatic rings. The van der Waals surface area contributed by atoms with Crippen LogP contribution in [-0.4, -0.2) is 87.9 Å². The highest BCUT2D eigenvalue weighted by Gasteiger charge is 2.16. The fourth-order valence-electron chi connectivity index (χ4n) is 2.35. The predicted molar refractivity (Wildman–Crippen MR) is 72.1 cm³/mol. The summed E-state index contributed by atoms with van der Waals surface area (Å²) in [4.78, 5) is 16.2. The van der Waals surface area contributed by atoms with Crippen molar-refractivity contribution in [2.75, 3.05) is 72.2 Å². The first-order valence-corrected chi connectivity index (χ1v) is 7.22. The SMILES string of the molecule is O=C(CCNCCN1CCOCC1)N1CCOCC1. The van der Waals surface area contributed by atoms with Gasteiger partial charge in [-0.2, -0.15) is 0 Å². The Morgan fingerprint density at radius 1 is 0.947 bits per heavy atom. The fourth-order valence-corrected chi connectivity index (χ4v) is 2.35. The molecule has 0 aromatic carbocycles. The van der Waals surface area contributed by atoms with Crippen molar-refractivity contribution in [3.8, 4) is 0 Å². The molecular weight excluding hydrogens is 246 g/mol. The molecule has 0 atom stereocenters. The molecule has 110 valence electrons. The summed E-state index contributed by atoms with van der Waals surface area (Å²) in [6.07, 6.45) is 0.586. The van der Waals surface area contributed by atoms with E-state index in [4.69, 9.17) is 9.47 Å². The monoisotopic (exact) mass is 271 g/mol. The molecule has 0 radical (unpaired) electrons. The molecule has 0 saturated carbocycles. The molecule has 6 heteroatoms. The van der Waals surface area contributed by atoms with Crippen LogP contribution in [0.3, 0.4) is 0 Å². The zero-order chi connectivity index (χ0) is 13.3. The van der Waals surface area contributed by atoms with Gasteiger partial charge in [0.25, 0.3) is 0 Å². The molecule has 1 N–H and O–H groups in total. The van der Waals surface area contributed by atoms with E-state index in [0.29, 0.717) is 19.6 Å². The summed E-state index contributed by atoms with van der Waals surface area (Å²) < 4.78 is 10.5. The van der Waals surface area contributed by atoms with Crippen molar-refractivity contribution >= 4 is 5.91 Å². The molecule has 0 unspecified atom stereocenters. The van der Waals surface area contributed by atoms with Crippen molar-refractivity contribution in [3.63, 3.8) is 0 Å². The third kappa shape index (κ3) is 5.44. The Balaban J connectivity index is 1.47. The average molecular weight is 271 g/mol. The highest BCUT2D eigenvalue weighted by atomic mass is 16.5. The van der Waals surface area contributed by atoms with Crippen LogP contribution in [0.15, 0.2) is 0 Å². The van der Waals surface area contributed by atoms with Gasteiger partial charge in [0.1, 0.15) is 0 Å². The third-order valence-corrected chi connectivity index (χ3v) is 3.59. The second-order valence-corrected chi connectivity index (χ2v) is 4.95. The summed E-state index contributed by atoms with van der Waals surface area (Å²) in [5, 5.41) is 3.34. The number of amides is 1. The van der Waals surface area contributed by atoms with Crippen LogP contribution in [0.2, 0.25) is 0 Å². The topological polar surface area (TPSA) is 54.0 Å². The Hall–Kier alpha value is -0.690. The van der Waals surface area contributed by atoms with Crippen LogP contribution in [0.1, 0.15) is 6.42 Å². The number of nitrogens with one attached hydrogen (secondary N) is 1. The van der Waals surface area contributed by atoms with E-state index in [-0.39, 0.29) is 5.91 Å². The Morgan fingerprint density at radius 2 is 1.58 bits per heavy atom. The summed E-state index contributed by atoms with van der Waals surface area (Å²) in [6, 6.07) is 0. The molecule has 1 amide bonds. The predicted octanol–water partition coefficient (Wildman–Crippen LogP) is -0.843. The van der Waals surface area contributed by atoms with Gasteiger partial charge in [0, 0.05) is 52.2 Å². The quantitative estimate of drug-likeness (QED) is 0.638. The second-order valence-electron chi connectivity index (χ2n) is 4.95. The van der Waals surface area contributed by atoms with Crippen LogP contribution < -0.4 is 5.32 Å². The van der Waals surface area contributed by atoms with Gasteiger partial charge >= 0.3 is 0 Å². The minimum absolute atomic E-state index is 0.238. The van der Waals surface area contributed by atoms with E-state index in [1.165, 1.54) is 0 Å². The lowest BCUT2D eigenvalue weighted by atomic mass is 10.3. The van der Waals surface area contributed by atoms with Crippen molar-refractivity contribution in [1.29, 1.82) is 0 Å². The van der Waals surface area contributed by atoms with Crippen LogP contribution in [0.5, 0.6) is 0 Å². The van der Waals surface area contributed by atoms with E-state index in [2.05, 4.69) is 10.2 Å². The summed E-state index contributed by atoms with van der Waals surface area (Å²) in [7, 11) is 0. The molecule has 2 fully saturated rings. The average Bonchev–Trinajstić information content (AvgIpc) is 2.49. The Kier molecular flexibility index (Phi) is 6.56. The zero-order valence-corrected chi connectivity index (χ0v) is 11.6. The molecule has 0 spiro atoms. The van der Waals surface area contributed by atoms with Gasteiger partial charge in [-0.1, -0.05) is 0 Å². The Labute approximate surface area is 115 Å². The number of carbonyl (C=O) groups is 1. The van der Waals surface area contributed by atoms with Crippen molar-refractivity contribution in [1.82, 2.24) is 15.1 Å². The van der Waals surface area contributed by atoms with Crippen molar-refractivity contribution in [2.45, 2.75) is 6.42 Å². The van der Waals surface area contributed by atoms with E-state index < -0.39 is 0 Å². The van der Waals surface area contributed by atoms with Gasteiger partial charge in [0.05, 0.1) is 26.4 Å². The first kappa shape index (κ1) is 14.7. The molecule has 2 saturated heterocycles. The first-order valence-electron chi connectivity index (χ1n) is 7.22. The smallest absolute Gasteiger partial charge is 0.224 e. The van der Waals surface area contributed by atoms with E-state index in [1.54, 1.807) is 0 Å². The number of rotatable bonds is 6. The van der Waals surface area contributed by atoms with E-state index in [0.717, 1.165) is 59.0 Å². The lowest BCUT2D eigenvalue weighted by molar-refractivity contribution is -0.135. The molecule has 2 heterocycles. The van der Waals surface area contributed by atoms with Crippen molar-refractivity contribution in [3.05, 3.63) is 0 Å². The molecule has 19 heavy (non-hydrogen) atoms. The van der Waals surface area contributed by atoms with E-state index >= 15 is 0 Å². The largest absolute Gasteiger partial charge is 0.379 e. The van der Waals surface area contributed by atoms with Gasteiger partial charge in [-0.15, -0.1) is 0 Å². The maximum absolute atomic E-state index is 11.9. The highest BCUT2D eigenvalue weighted by molar-refractivity contribution is 5.76. The van der Waals surface area contributed by atoms with Gasteiger partial charge < -0.3 is 19.7 Å². The van der Waals surface area contributed by atoms with Crippen LogP contribution in [0.4, 0.5) is 0 Å². The lowest BCUT2D eigenvalue weighted by Crippen LogP contribution is -2.42. The van der Waals surface area contributed by atoms with Crippen LogP contribution in [0.25, 0.3) is 0 Å². The Morgan fingerprint density at radius 3 is 2.26 bits per heavy atom. The number of hydrogen-bond donors (Lipinski definition) is 1. The van der Waals surface area contributed by atoms with Gasteiger partial charge in [0.2, 0.25) is 5.91 Å². The molecule has 6 nitrogen and oxygen atoms in total. The normalized spacial score (nSPS) is 21.6. The van der Waals surface area contributed by atoms with E-state index in [9.17, 15) is 4.79 Å². The standard InChI is InChI=1S/C13H25N3O3/c17-13(16-7-11-19-12-8-16)1-2-14-3-4-15-5-9-18-10-6-15/h14H,1-12H2. The number of carbonyl (C=O) groups excluding carboxylic acids is 1. The summed E-state index contributed by atoms with van der Waals surface area (Å²) in [6.45, 7) is 9.31. The van der Waals surface area contributed by atoms with E-state index in [1.807, 2.05) is 4.90 Å². The first-order chi connectivity index (χ1) is 9.36. The van der Waals surface area contributed by atoms with Gasteiger partial charge in [-0.25, -0.2) is 0 Å². The number of hydrogen-bond acceptors (Lipinski definition) is 5. The van der Waals surface area contributed by atoms with Crippen LogP contribution >= 0.6 is 0 Å².